The minimum absolute atomic E-state index is 0.0988. The van der Waals surface area contributed by atoms with Gasteiger partial charge in [-0.1, -0.05) is 0 Å². The summed E-state index contributed by atoms with van der Waals surface area (Å²) < 4.78 is 0. The lowest BCUT2D eigenvalue weighted by Gasteiger charge is -2.30. The Balaban J connectivity index is 5.38. The summed E-state index contributed by atoms with van der Waals surface area (Å²) in [5.41, 5.74) is 5.39. The van der Waals surface area contributed by atoms with Gasteiger partial charge in [0, 0.05) is 45.8 Å². The molecule has 10 N–H and O–H groups in total. The summed E-state index contributed by atoms with van der Waals surface area (Å²) in [4.78, 5) is 51.9. The highest BCUT2D eigenvalue weighted by atomic mass is 16.3. The molecule has 15 nitrogen and oxygen atoms in total. The van der Waals surface area contributed by atoms with E-state index in [4.69, 9.17) is 23.3 Å². The summed E-state index contributed by atoms with van der Waals surface area (Å²) in [7, 11) is 0. The molecule has 0 aliphatic heterocycles. The van der Waals surface area contributed by atoms with Crippen molar-refractivity contribution < 1.29 is 24.3 Å². The Morgan fingerprint density at radius 1 is 0.735 bits per heavy atom. The molecule has 4 amide bonds. The van der Waals surface area contributed by atoms with Crippen molar-refractivity contribution in [3.05, 3.63) is 0 Å². The second kappa shape index (κ2) is 17.1. The lowest BCUT2D eigenvalue weighted by molar-refractivity contribution is -0.136. The van der Waals surface area contributed by atoms with Gasteiger partial charge in [0.25, 0.3) is 17.7 Å². The van der Waals surface area contributed by atoms with E-state index in [1.165, 1.54) is 9.80 Å². The largest absolute Gasteiger partial charge is 0.390 e. The molecule has 0 rings (SSSR count). The molecule has 0 saturated heterocycles. The molecule has 0 fully saturated rings. The minimum Gasteiger partial charge on any atom is -0.390 e. The lowest BCUT2D eigenvalue weighted by Crippen LogP contribution is -2.53. The number of nitrogens with two attached hydrogens (primary N) is 4. The molecule has 1 atom stereocenters. The topological polar surface area (TPSA) is 221 Å². The fourth-order valence-corrected chi connectivity index (χ4v) is 2.87. The third kappa shape index (κ3) is 12.7. The van der Waals surface area contributed by atoms with Crippen LogP contribution in [0.4, 0.5) is 0 Å². The number of carbonyl (C=O) groups excluding carboxylic acids is 4. The zero-order valence-corrected chi connectivity index (χ0v) is 20.5. The Kier molecular flexibility index (Phi) is 15.9. The van der Waals surface area contributed by atoms with E-state index < -0.39 is 23.8 Å². The number of hydrazine groups is 3. The Labute approximate surface area is 200 Å². The van der Waals surface area contributed by atoms with Crippen molar-refractivity contribution >= 4 is 23.6 Å². The predicted octanol–water partition coefficient (Wildman–Crippen LogP) is -4.81. The summed E-state index contributed by atoms with van der Waals surface area (Å²) in [5.74, 6) is 15.2. The normalized spacial score (nSPS) is 11.9. The van der Waals surface area contributed by atoms with Gasteiger partial charge in [-0.3, -0.25) is 44.0 Å². The molecule has 34 heavy (non-hydrogen) atoms. The van der Waals surface area contributed by atoms with Crippen LogP contribution in [0.2, 0.25) is 0 Å². The SMILES string of the molecule is CCN(N)C(=O)CN(CC(=O)NCCN)CC(O)CN(CC(=O)N(N)CC)CC(=O)N(N)CC. The van der Waals surface area contributed by atoms with Crippen LogP contribution in [0.25, 0.3) is 0 Å². The molecular formula is C19H42N10O5. The van der Waals surface area contributed by atoms with Crippen molar-refractivity contribution in [3.63, 3.8) is 0 Å². The second-order valence-corrected chi connectivity index (χ2v) is 7.67. The summed E-state index contributed by atoms with van der Waals surface area (Å²) in [6.07, 6.45) is -1.12. The first-order valence-corrected chi connectivity index (χ1v) is 11.2. The number of amides is 4. The highest BCUT2D eigenvalue weighted by Gasteiger charge is 2.24. The molecule has 198 valence electrons. The van der Waals surface area contributed by atoms with Gasteiger partial charge in [-0.2, -0.15) is 0 Å². The Hall–Kier alpha value is -2.40. The van der Waals surface area contributed by atoms with E-state index in [0.717, 1.165) is 15.0 Å². The average molecular weight is 491 g/mol. The molecule has 0 saturated carbocycles. The zero-order chi connectivity index (χ0) is 26.3. The smallest absolute Gasteiger partial charge is 0.250 e. The molecular weight excluding hydrogens is 448 g/mol. The molecule has 0 radical (unpaired) electrons. The number of nitrogens with one attached hydrogen (secondary N) is 1. The summed E-state index contributed by atoms with van der Waals surface area (Å²) in [5, 5.41) is 16.3. The van der Waals surface area contributed by atoms with Crippen molar-refractivity contribution in [3.8, 4) is 0 Å². The maximum Gasteiger partial charge on any atom is 0.250 e. The van der Waals surface area contributed by atoms with Crippen LogP contribution in [0.15, 0.2) is 0 Å². The van der Waals surface area contributed by atoms with Gasteiger partial charge < -0.3 is 16.2 Å². The van der Waals surface area contributed by atoms with Crippen molar-refractivity contribution in [2.75, 3.05) is 72.0 Å². The predicted molar refractivity (Wildman–Crippen MR) is 126 cm³/mol. The molecule has 15 heteroatoms. The van der Waals surface area contributed by atoms with Crippen LogP contribution >= 0.6 is 0 Å². The van der Waals surface area contributed by atoms with Crippen LogP contribution in [0.3, 0.4) is 0 Å². The highest BCUT2D eigenvalue weighted by Crippen LogP contribution is 2.01. The molecule has 1 unspecified atom stereocenters. The Morgan fingerprint density at radius 2 is 1.09 bits per heavy atom. The van der Waals surface area contributed by atoms with Crippen molar-refractivity contribution in [2.24, 2.45) is 23.3 Å². The number of hydrogen-bond donors (Lipinski definition) is 6. The summed E-state index contributed by atoms with van der Waals surface area (Å²) in [6.45, 7) is 5.35. The summed E-state index contributed by atoms with van der Waals surface area (Å²) >= 11 is 0. The van der Waals surface area contributed by atoms with Crippen LogP contribution in [0.5, 0.6) is 0 Å². The van der Waals surface area contributed by atoms with Crippen LogP contribution in [-0.2, 0) is 19.2 Å². The fourth-order valence-electron chi connectivity index (χ4n) is 2.87. The minimum atomic E-state index is -1.12. The summed E-state index contributed by atoms with van der Waals surface area (Å²) in [6, 6.07) is 0. The molecule has 0 heterocycles. The van der Waals surface area contributed by atoms with E-state index >= 15 is 0 Å². The van der Waals surface area contributed by atoms with Crippen molar-refractivity contribution in [1.29, 1.82) is 0 Å². The highest BCUT2D eigenvalue weighted by molar-refractivity contribution is 5.81. The quantitative estimate of drug-likeness (QED) is 0.0645. The van der Waals surface area contributed by atoms with E-state index in [1.54, 1.807) is 20.8 Å². The van der Waals surface area contributed by atoms with Gasteiger partial charge in [0.15, 0.2) is 0 Å². The van der Waals surface area contributed by atoms with Gasteiger partial charge in [-0.25, -0.2) is 17.5 Å². The van der Waals surface area contributed by atoms with Gasteiger partial charge >= 0.3 is 0 Å². The number of nitrogens with zero attached hydrogens (tertiary/aromatic N) is 5. The number of hydrogen-bond acceptors (Lipinski definition) is 11. The van der Waals surface area contributed by atoms with Crippen molar-refractivity contribution in [1.82, 2.24) is 30.1 Å². The van der Waals surface area contributed by atoms with Crippen LogP contribution in [-0.4, -0.2) is 132 Å². The molecule has 0 aromatic heterocycles. The van der Waals surface area contributed by atoms with Gasteiger partial charge in [0.05, 0.1) is 32.3 Å². The Morgan fingerprint density at radius 3 is 1.41 bits per heavy atom. The second-order valence-electron chi connectivity index (χ2n) is 7.67. The van der Waals surface area contributed by atoms with Gasteiger partial charge in [-0.05, 0) is 20.8 Å². The fraction of sp³-hybridized carbons (Fsp3) is 0.789. The first-order chi connectivity index (χ1) is 16.0. The third-order valence-electron chi connectivity index (χ3n) is 4.83. The number of aliphatic hydroxyl groups is 1. The molecule has 0 aliphatic carbocycles. The average Bonchev–Trinajstić information content (AvgIpc) is 2.80. The molecule has 0 bridgehead atoms. The maximum absolute atomic E-state index is 12.3. The van der Waals surface area contributed by atoms with Crippen LogP contribution in [0.1, 0.15) is 20.8 Å². The molecule has 0 spiro atoms. The lowest BCUT2D eigenvalue weighted by atomic mass is 10.2. The standard InChI is InChI=1S/C19H42N10O5/c1-4-27(21)17(32)12-25(11-16(31)24-8-7-20)9-15(30)10-26(13-18(33)28(22)5-2)14-19(34)29(23)6-3/h15,30H,4-14,20-23H2,1-3H3,(H,24,31). The van der Waals surface area contributed by atoms with Crippen molar-refractivity contribution in [2.45, 2.75) is 26.9 Å². The van der Waals surface area contributed by atoms with Gasteiger partial charge in [-0.15, -0.1) is 0 Å². The first kappa shape index (κ1) is 31.6. The maximum atomic E-state index is 12.3. The molecule has 0 aromatic carbocycles. The van der Waals surface area contributed by atoms with E-state index in [-0.39, 0.29) is 77.9 Å². The van der Waals surface area contributed by atoms with Gasteiger partial charge in [0.2, 0.25) is 5.91 Å². The number of rotatable bonds is 17. The molecule has 0 aliphatic rings. The van der Waals surface area contributed by atoms with Crippen LogP contribution < -0.4 is 28.6 Å². The van der Waals surface area contributed by atoms with Gasteiger partial charge in [0.1, 0.15) is 0 Å². The Bertz CT molecular complexity index is 629. The van der Waals surface area contributed by atoms with E-state index in [0.29, 0.717) is 0 Å². The zero-order valence-electron chi connectivity index (χ0n) is 20.5. The number of likely N-dealkylation sites (N-methyl/N-ethyl adjacent to an activating group) is 3. The van der Waals surface area contributed by atoms with E-state index in [1.807, 2.05) is 0 Å². The van der Waals surface area contributed by atoms with Crippen LogP contribution in [0, 0.1) is 0 Å². The van der Waals surface area contributed by atoms with E-state index in [2.05, 4.69) is 5.32 Å². The molecule has 0 aromatic rings. The number of aliphatic hydroxyl groups excluding tert-OH is 1. The number of carbonyl (C=O) groups is 4. The first-order valence-electron chi connectivity index (χ1n) is 11.2. The monoisotopic (exact) mass is 490 g/mol. The third-order valence-corrected chi connectivity index (χ3v) is 4.83. The van der Waals surface area contributed by atoms with E-state index in [9.17, 15) is 24.3 Å².